The highest BCUT2D eigenvalue weighted by Gasteiger charge is 2.16. The SMILES string of the molecule is CCc1nn(C)cc1CNC(=O)C(C)c1cccc(N)c1. The van der Waals surface area contributed by atoms with Gasteiger partial charge < -0.3 is 11.1 Å². The summed E-state index contributed by atoms with van der Waals surface area (Å²) in [5.74, 6) is -0.234. The van der Waals surface area contributed by atoms with Crippen molar-refractivity contribution in [2.24, 2.45) is 7.05 Å². The number of nitrogen functional groups attached to an aromatic ring is 1. The molecule has 0 radical (unpaired) electrons. The summed E-state index contributed by atoms with van der Waals surface area (Å²) in [7, 11) is 1.89. The number of nitrogens with one attached hydrogen (secondary N) is 1. The maximum atomic E-state index is 12.3. The van der Waals surface area contributed by atoms with E-state index in [-0.39, 0.29) is 11.8 Å². The van der Waals surface area contributed by atoms with Crippen molar-refractivity contribution < 1.29 is 4.79 Å². The second-order valence-electron chi connectivity index (χ2n) is 5.24. The molecule has 2 aromatic rings. The zero-order valence-electron chi connectivity index (χ0n) is 12.8. The van der Waals surface area contributed by atoms with E-state index in [0.29, 0.717) is 12.2 Å². The monoisotopic (exact) mass is 286 g/mol. The molecule has 1 aromatic heterocycles. The van der Waals surface area contributed by atoms with Gasteiger partial charge in [-0.05, 0) is 31.0 Å². The van der Waals surface area contributed by atoms with Crippen molar-refractivity contribution in [3.8, 4) is 0 Å². The average Bonchev–Trinajstić information content (AvgIpc) is 2.84. The molecule has 3 N–H and O–H groups in total. The lowest BCUT2D eigenvalue weighted by molar-refractivity contribution is -0.122. The molecule has 0 aliphatic rings. The van der Waals surface area contributed by atoms with E-state index < -0.39 is 0 Å². The van der Waals surface area contributed by atoms with Crippen LogP contribution < -0.4 is 11.1 Å². The highest BCUT2D eigenvalue weighted by atomic mass is 16.1. The summed E-state index contributed by atoms with van der Waals surface area (Å²) in [4.78, 5) is 12.3. The lowest BCUT2D eigenvalue weighted by Crippen LogP contribution is -2.27. The molecule has 0 aliphatic carbocycles. The highest BCUT2D eigenvalue weighted by molar-refractivity contribution is 5.83. The molecule has 1 heterocycles. The van der Waals surface area contributed by atoms with Crippen molar-refractivity contribution in [2.45, 2.75) is 32.7 Å². The molecule has 0 bridgehead atoms. The molecule has 0 spiro atoms. The van der Waals surface area contributed by atoms with E-state index in [0.717, 1.165) is 23.2 Å². The molecular formula is C16H22N4O. The van der Waals surface area contributed by atoms with E-state index in [2.05, 4.69) is 17.3 Å². The van der Waals surface area contributed by atoms with Crippen LogP contribution in [0.4, 0.5) is 5.69 Å². The number of nitrogens with two attached hydrogens (primary N) is 1. The maximum Gasteiger partial charge on any atom is 0.227 e. The number of carbonyl (C=O) groups is 1. The topological polar surface area (TPSA) is 72.9 Å². The molecule has 5 heteroatoms. The van der Waals surface area contributed by atoms with E-state index in [9.17, 15) is 4.79 Å². The first-order valence-corrected chi connectivity index (χ1v) is 7.15. The van der Waals surface area contributed by atoms with E-state index in [4.69, 9.17) is 5.73 Å². The summed E-state index contributed by atoms with van der Waals surface area (Å²) in [6.07, 6.45) is 2.81. The van der Waals surface area contributed by atoms with Crippen LogP contribution in [0.25, 0.3) is 0 Å². The Hall–Kier alpha value is -2.30. The summed E-state index contributed by atoms with van der Waals surface area (Å²) < 4.78 is 1.78. The smallest absolute Gasteiger partial charge is 0.227 e. The highest BCUT2D eigenvalue weighted by Crippen LogP contribution is 2.18. The largest absolute Gasteiger partial charge is 0.399 e. The first kappa shape index (κ1) is 15.1. The second-order valence-corrected chi connectivity index (χ2v) is 5.24. The minimum Gasteiger partial charge on any atom is -0.399 e. The average molecular weight is 286 g/mol. The Morgan fingerprint density at radius 1 is 1.48 bits per heavy atom. The van der Waals surface area contributed by atoms with E-state index >= 15 is 0 Å². The number of benzene rings is 1. The Bertz CT molecular complexity index is 633. The third kappa shape index (κ3) is 3.62. The predicted octanol–water partition coefficient (Wildman–Crippen LogP) is 1.98. The van der Waals surface area contributed by atoms with Gasteiger partial charge in [0.25, 0.3) is 0 Å². The molecular weight excluding hydrogens is 264 g/mol. The Morgan fingerprint density at radius 2 is 2.24 bits per heavy atom. The molecule has 0 aliphatic heterocycles. The van der Waals surface area contributed by atoms with Gasteiger partial charge in [-0.3, -0.25) is 9.48 Å². The number of aryl methyl sites for hydroxylation is 2. The zero-order valence-corrected chi connectivity index (χ0v) is 12.8. The number of hydrogen-bond donors (Lipinski definition) is 2. The van der Waals surface area contributed by atoms with Crippen LogP contribution in [-0.4, -0.2) is 15.7 Å². The fourth-order valence-electron chi connectivity index (χ4n) is 2.34. The number of anilines is 1. The molecule has 1 aromatic carbocycles. The first-order valence-electron chi connectivity index (χ1n) is 7.15. The Kier molecular flexibility index (Phi) is 4.62. The summed E-state index contributed by atoms with van der Waals surface area (Å²) in [5.41, 5.74) is 9.44. The molecule has 5 nitrogen and oxygen atoms in total. The second kappa shape index (κ2) is 6.43. The van der Waals surface area contributed by atoms with Gasteiger partial charge in [0, 0.05) is 31.0 Å². The number of carbonyl (C=O) groups excluding carboxylic acids is 1. The van der Waals surface area contributed by atoms with Crippen LogP contribution in [-0.2, 0) is 24.8 Å². The van der Waals surface area contributed by atoms with Crippen LogP contribution in [0.1, 0.15) is 36.6 Å². The van der Waals surface area contributed by atoms with Crippen LogP contribution in [0.5, 0.6) is 0 Å². The number of hydrogen-bond acceptors (Lipinski definition) is 3. The molecule has 1 atom stereocenters. The quantitative estimate of drug-likeness (QED) is 0.826. The fourth-order valence-corrected chi connectivity index (χ4v) is 2.34. The van der Waals surface area contributed by atoms with Crippen LogP contribution in [0.15, 0.2) is 30.5 Å². The van der Waals surface area contributed by atoms with Crippen molar-refractivity contribution in [1.29, 1.82) is 0 Å². The lowest BCUT2D eigenvalue weighted by Gasteiger charge is -2.13. The maximum absolute atomic E-state index is 12.3. The molecule has 1 amide bonds. The normalized spacial score (nSPS) is 12.1. The molecule has 21 heavy (non-hydrogen) atoms. The van der Waals surface area contributed by atoms with Gasteiger partial charge in [-0.25, -0.2) is 0 Å². The van der Waals surface area contributed by atoms with Gasteiger partial charge in [-0.2, -0.15) is 5.10 Å². The summed E-state index contributed by atoms with van der Waals surface area (Å²) >= 11 is 0. The van der Waals surface area contributed by atoms with E-state index in [1.807, 2.05) is 44.4 Å². The summed E-state index contributed by atoms with van der Waals surface area (Å²) in [6, 6.07) is 7.44. The minimum atomic E-state index is -0.227. The Balaban J connectivity index is 2.01. The Morgan fingerprint density at radius 3 is 2.90 bits per heavy atom. The van der Waals surface area contributed by atoms with Gasteiger partial charge >= 0.3 is 0 Å². The van der Waals surface area contributed by atoms with Crippen molar-refractivity contribution in [3.05, 3.63) is 47.3 Å². The fraction of sp³-hybridized carbons (Fsp3) is 0.375. The van der Waals surface area contributed by atoms with Gasteiger partial charge in [0.2, 0.25) is 5.91 Å². The van der Waals surface area contributed by atoms with E-state index in [1.54, 1.807) is 4.68 Å². The number of rotatable bonds is 5. The third-order valence-corrected chi connectivity index (χ3v) is 3.58. The minimum absolute atomic E-state index is 0.00786. The van der Waals surface area contributed by atoms with Crippen LogP contribution >= 0.6 is 0 Å². The number of nitrogens with zero attached hydrogens (tertiary/aromatic N) is 2. The first-order chi connectivity index (χ1) is 10.0. The molecule has 112 valence electrons. The van der Waals surface area contributed by atoms with Crippen molar-refractivity contribution in [1.82, 2.24) is 15.1 Å². The van der Waals surface area contributed by atoms with Gasteiger partial charge in [0.15, 0.2) is 0 Å². The predicted molar refractivity (Wildman–Crippen MR) is 83.7 cm³/mol. The van der Waals surface area contributed by atoms with Gasteiger partial charge in [0.05, 0.1) is 11.6 Å². The van der Waals surface area contributed by atoms with Crippen molar-refractivity contribution >= 4 is 11.6 Å². The molecule has 0 saturated heterocycles. The molecule has 2 rings (SSSR count). The molecule has 0 saturated carbocycles. The summed E-state index contributed by atoms with van der Waals surface area (Å²) in [5, 5.41) is 7.34. The van der Waals surface area contributed by atoms with Crippen molar-refractivity contribution in [3.63, 3.8) is 0 Å². The molecule has 0 fully saturated rings. The standard InChI is InChI=1S/C16H22N4O/c1-4-15-13(10-20(3)19-15)9-18-16(21)11(2)12-6-5-7-14(17)8-12/h5-8,10-11H,4,9,17H2,1-3H3,(H,18,21). The molecule has 1 unspecified atom stereocenters. The third-order valence-electron chi connectivity index (χ3n) is 3.58. The van der Waals surface area contributed by atoms with Crippen LogP contribution in [0, 0.1) is 0 Å². The van der Waals surface area contributed by atoms with Crippen LogP contribution in [0.2, 0.25) is 0 Å². The van der Waals surface area contributed by atoms with Gasteiger partial charge in [0.1, 0.15) is 0 Å². The van der Waals surface area contributed by atoms with Gasteiger partial charge in [-0.15, -0.1) is 0 Å². The van der Waals surface area contributed by atoms with Gasteiger partial charge in [-0.1, -0.05) is 19.1 Å². The van der Waals surface area contributed by atoms with Crippen molar-refractivity contribution in [2.75, 3.05) is 5.73 Å². The number of amides is 1. The Labute approximate surface area is 125 Å². The van der Waals surface area contributed by atoms with Crippen LogP contribution in [0.3, 0.4) is 0 Å². The number of aromatic nitrogens is 2. The summed E-state index contributed by atoms with van der Waals surface area (Å²) in [6.45, 7) is 4.44. The lowest BCUT2D eigenvalue weighted by atomic mass is 10.00. The zero-order chi connectivity index (χ0) is 15.4. The van der Waals surface area contributed by atoms with E-state index in [1.165, 1.54) is 0 Å².